The summed E-state index contributed by atoms with van der Waals surface area (Å²) in [7, 11) is -7.58. The Balaban J connectivity index is 0.000000638. The second-order valence-electron chi connectivity index (χ2n) is 8.54. The molecule has 0 amide bonds. The minimum absolute atomic E-state index is 0.145. The molecule has 2 aliphatic heterocycles. The van der Waals surface area contributed by atoms with Gasteiger partial charge in [0.1, 0.15) is 0 Å². The smallest absolute Gasteiger partial charge is 0.477 e. The zero-order valence-corrected chi connectivity index (χ0v) is 21.3. The van der Waals surface area contributed by atoms with Crippen LogP contribution < -0.4 is 10.5 Å². The molecule has 2 atom stereocenters. The summed E-state index contributed by atoms with van der Waals surface area (Å²) in [6.07, 6.45) is -8.46. The molecule has 0 radical (unpaired) electrons. The fraction of sp³-hybridized carbons (Fsp3) is 0.684. The lowest BCUT2D eigenvalue weighted by Gasteiger charge is -2.40. The average molecular weight is 601 g/mol. The molecule has 218 valence electrons. The number of carbonyl (C=O) groups is 1. The predicted octanol–water partition coefficient (Wildman–Crippen LogP) is 1.03. The van der Waals surface area contributed by atoms with E-state index in [0.29, 0.717) is 0 Å². The third kappa shape index (κ3) is 9.21. The van der Waals surface area contributed by atoms with Crippen molar-refractivity contribution in [2.45, 2.75) is 25.3 Å². The van der Waals surface area contributed by atoms with Crippen LogP contribution in [-0.2, 0) is 31.4 Å². The van der Waals surface area contributed by atoms with Crippen molar-refractivity contribution >= 4 is 26.0 Å². The molecule has 0 spiro atoms. The van der Waals surface area contributed by atoms with Gasteiger partial charge in [0.2, 0.25) is 5.88 Å². The van der Waals surface area contributed by atoms with Gasteiger partial charge in [-0.1, -0.05) is 0 Å². The van der Waals surface area contributed by atoms with Gasteiger partial charge in [0.25, 0.3) is 10.2 Å². The van der Waals surface area contributed by atoms with Crippen molar-refractivity contribution < 1.29 is 57.8 Å². The number of pyridine rings is 1. The Bertz CT molecular complexity index is 1160. The minimum atomic E-state index is -5.08. The van der Waals surface area contributed by atoms with Crippen molar-refractivity contribution in [2.24, 2.45) is 17.6 Å². The van der Waals surface area contributed by atoms with Crippen LogP contribution in [0.3, 0.4) is 0 Å². The molecular formula is C19H26F6N4O7S2. The molecule has 19 heteroatoms. The summed E-state index contributed by atoms with van der Waals surface area (Å²) in [5.74, 6) is -5.81. The van der Waals surface area contributed by atoms with Crippen molar-refractivity contribution in [3.63, 3.8) is 0 Å². The van der Waals surface area contributed by atoms with Crippen LogP contribution in [0, 0.1) is 11.8 Å². The lowest BCUT2D eigenvalue weighted by atomic mass is 9.90. The van der Waals surface area contributed by atoms with Gasteiger partial charge in [-0.3, -0.25) is 0 Å². The van der Waals surface area contributed by atoms with Crippen LogP contribution in [-0.4, -0.2) is 98.2 Å². The van der Waals surface area contributed by atoms with Crippen LogP contribution in [0.25, 0.3) is 0 Å². The highest BCUT2D eigenvalue weighted by Gasteiger charge is 2.48. The Morgan fingerprint density at radius 3 is 2.21 bits per heavy atom. The number of carboxylic acid groups (broad SMARTS) is 1. The van der Waals surface area contributed by atoms with E-state index in [0.717, 1.165) is 14.2 Å². The van der Waals surface area contributed by atoms with E-state index in [2.05, 4.69) is 4.98 Å². The van der Waals surface area contributed by atoms with E-state index >= 15 is 0 Å². The van der Waals surface area contributed by atoms with Gasteiger partial charge in [-0.2, -0.15) is 43.4 Å². The van der Waals surface area contributed by atoms with Crippen LogP contribution in [0.1, 0.15) is 12.0 Å². The minimum Gasteiger partial charge on any atom is -0.477 e. The highest BCUT2D eigenvalue weighted by molar-refractivity contribution is 7.91. The standard InChI is InChI=1S/C17H25F3N4O5S2.C2HF3O2/c18-17(19,20)15-7-14(12-29-16-8-13(9-21)1-2-22-16)10-24(11-15)31(27,28)23-3-5-30(25,26)6-4-23;3-2(4,5)1(6)7/h1-2,8,14-15H,3-7,9-12,21H2;(H,6,7). The lowest BCUT2D eigenvalue weighted by molar-refractivity contribution is -0.192. The lowest BCUT2D eigenvalue weighted by Crippen LogP contribution is -2.55. The average Bonchev–Trinajstić information content (AvgIpc) is 2.81. The molecule has 3 N–H and O–H groups in total. The summed E-state index contributed by atoms with van der Waals surface area (Å²) in [6.45, 7) is -1.30. The molecule has 1 aromatic heterocycles. The largest absolute Gasteiger partial charge is 0.490 e. The molecule has 0 aliphatic carbocycles. The van der Waals surface area contributed by atoms with E-state index in [1.54, 1.807) is 12.1 Å². The molecular weight excluding hydrogens is 574 g/mol. The Labute approximate surface area is 214 Å². The van der Waals surface area contributed by atoms with Crippen LogP contribution in [0.15, 0.2) is 18.3 Å². The first-order valence-electron chi connectivity index (χ1n) is 11.0. The van der Waals surface area contributed by atoms with E-state index < -0.39 is 56.7 Å². The number of halogens is 6. The molecule has 2 unspecified atom stereocenters. The third-order valence-corrected chi connectivity index (χ3v) is 9.24. The molecule has 11 nitrogen and oxygen atoms in total. The molecule has 2 saturated heterocycles. The number of aliphatic carboxylic acids is 1. The molecule has 0 aromatic carbocycles. The van der Waals surface area contributed by atoms with Gasteiger partial charge in [-0.05, 0) is 18.1 Å². The Hall–Kier alpha value is -2.22. The summed E-state index contributed by atoms with van der Waals surface area (Å²) in [4.78, 5) is 12.9. The van der Waals surface area contributed by atoms with E-state index in [-0.39, 0.29) is 56.6 Å². The SMILES string of the molecule is NCc1ccnc(OCC2CC(C(F)(F)F)CN(S(=O)(=O)N3CCS(=O)(=O)CC3)C2)c1.O=C(O)C(F)(F)F. The third-order valence-electron chi connectivity index (χ3n) is 5.67. The maximum absolute atomic E-state index is 13.5. The Morgan fingerprint density at radius 2 is 1.71 bits per heavy atom. The second-order valence-corrected chi connectivity index (χ2v) is 12.8. The number of hydrogen-bond acceptors (Lipinski definition) is 8. The fourth-order valence-corrected chi connectivity index (χ4v) is 6.83. The van der Waals surface area contributed by atoms with Crippen LogP contribution in [0.2, 0.25) is 0 Å². The first-order valence-corrected chi connectivity index (χ1v) is 14.2. The van der Waals surface area contributed by atoms with Gasteiger partial charge in [0.15, 0.2) is 9.84 Å². The van der Waals surface area contributed by atoms with Gasteiger partial charge in [-0.15, -0.1) is 0 Å². The highest BCUT2D eigenvalue weighted by atomic mass is 32.2. The molecule has 2 aliphatic rings. The van der Waals surface area contributed by atoms with Crippen LogP contribution in [0.4, 0.5) is 26.3 Å². The fourth-order valence-electron chi connectivity index (χ4n) is 3.66. The topological polar surface area (TPSA) is 160 Å². The number of ether oxygens (including phenoxy) is 1. The van der Waals surface area contributed by atoms with Gasteiger partial charge in [-0.25, -0.2) is 18.2 Å². The predicted molar refractivity (Wildman–Crippen MR) is 120 cm³/mol. The zero-order valence-electron chi connectivity index (χ0n) is 19.7. The number of nitrogens with two attached hydrogens (primary N) is 1. The van der Waals surface area contributed by atoms with E-state index in [4.69, 9.17) is 20.4 Å². The van der Waals surface area contributed by atoms with Crippen molar-refractivity contribution in [1.82, 2.24) is 13.6 Å². The second kappa shape index (κ2) is 12.3. The quantitative estimate of drug-likeness (QED) is 0.455. The first-order chi connectivity index (χ1) is 17.3. The number of carboxylic acids is 1. The molecule has 1 aromatic rings. The summed E-state index contributed by atoms with van der Waals surface area (Å²) in [5.41, 5.74) is 6.30. The van der Waals surface area contributed by atoms with E-state index in [9.17, 15) is 43.2 Å². The molecule has 2 fully saturated rings. The molecule has 38 heavy (non-hydrogen) atoms. The number of sulfone groups is 1. The number of alkyl halides is 6. The summed E-state index contributed by atoms with van der Waals surface area (Å²) < 4.78 is 129. The number of hydrogen-bond donors (Lipinski definition) is 2. The Morgan fingerprint density at radius 1 is 1.13 bits per heavy atom. The maximum Gasteiger partial charge on any atom is 0.490 e. The number of nitrogens with zero attached hydrogens (tertiary/aromatic N) is 3. The first kappa shape index (κ1) is 32.0. The number of piperidine rings is 1. The normalized spacial score (nSPS) is 23.2. The van der Waals surface area contributed by atoms with Crippen molar-refractivity contribution in [3.05, 3.63) is 23.9 Å². The summed E-state index contributed by atoms with van der Waals surface area (Å²) in [6, 6.07) is 3.26. The van der Waals surface area contributed by atoms with Gasteiger partial charge >= 0.3 is 18.3 Å². The van der Waals surface area contributed by atoms with Crippen LogP contribution in [0.5, 0.6) is 5.88 Å². The monoisotopic (exact) mass is 600 g/mol. The van der Waals surface area contributed by atoms with Crippen molar-refractivity contribution in [3.8, 4) is 5.88 Å². The molecule has 3 heterocycles. The van der Waals surface area contributed by atoms with Crippen molar-refractivity contribution in [1.29, 1.82) is 0 Å². The zero-order chi connectivity index (χ0) is 28.9. The van der Waals surface area contributed by atoms with Gasteiger partial charge < -0.3 is 15.6 Å². The summed E-state index contributed by atoms with van der Waals surface area (Å²) in [5, 5.41) is 7.12. The van der Waals surface area contributed by atoms with Gasteiger partial charge in [0.05, 0.1) is 24.0 Å². The molecule has 0 bridgehead atoms. The Kier molecular flexibility index (Phi) is 10.4. The van der Waals surface area contributed by atoms with E-state index in [1.807, 2.05) is 0 Å². The van der Waals surface area contributed by atoms with Gasteiger partial charge in [0, 0.05) is 50.9 Å². The number of rotatable bonds is 6. The maximum atomic E-state index is 13.5. The summed E-state index contributed by atoms with van der Waals surface area (Å²) >= 11 is 0. The highest BCUT2D eigenvalue weighted by Crippen LogP contribution is 2.37. The van der Waals surface area contributed by atoms with Crippen molar-refractivity contribution in [2.75, 3.05) is 44.3 Å². The molecule has 0 saturated carbocycles. The molecule has 3 rings (SSSR count). The number of aromatic nitrogens is 1. The van der Waals surface area contributed by atoms with Crippen LogP contribution >= 0.6 is 0 Å². The van der Waals surface area contributed by atoms with E-state index in [1.165, 1.54) is 6.20 Å².